The Morgan fingerprint density at radius 1 is 1.00 bits per heavy atom. The maximum Gasteiger partial charge on any atom is 0.150 e. The fourth-order valence-electron chi connectivity index (χ4n) is 3.59. The summed E-state index contributed by atoms with van der Waals surface area (Å²) in [4.78, 5) is 10.9. The number of hydrogen-bond acceptors (Lipinski definition) is 3. The Kier molecular flexibility index (Phi) is 4.21. The number of carbonyl (C=O) groups is 1. The number of furan rings is 1. The minimum atomic E-state index is 0.434. The molecule has 1 aliphatic rings. The molecule has 0 bridgehead atoms. The third kappa shape index (κ3) is 3.31. The molecule has 0 aliphatic heterocycles. The molecule has 3 nitrogen and oxygen atoms in total. The zero-order chi connectivity index (χ0) is 18.9. The highest BCUT2D eigenvalue weighted by atomic mass is 16.5. The van der Waals surface area contributed by atoms with E-state index >= 15 is 0 Å². The van der Waals surface area contributed by atoms with E-state index in [-0.39, 0.29) is 0 Å². The Labute approximate surface area is 163 Å². The molecule has 0 atom stereocenters. The summed E-state index contributed by atoms with van der Waals surface area (Å²) >= 11 is 0. The Hall–Kier alpha value is -3.33. The van der Waals surface area contributed by atoms with Gasteiger partial charge >= 0.3 is 0 Å². The van der Waals surface area contributed by atoms with Gasteiger partial charge in [-0.1, -0.05) is 42.5 Å². The Balaban J connectivity index is 1.40. The molecule has 5 rings (SSSR count). The van der Waals surface area contributed by atoms with Gasteiger partial charge in [0.15, 0.2) is 0 Å². The van der Waals surface area contributed by atoms with Crippen LogP contribution in [0, 0.1) is 0 Å². The van der Waals surface area contributed by atoms with Crippen LogP contribution in [0.2, 0.25) is 0 Å². The van der Waals surface area contributed by atoms with Crippen LogP contribution in [0.25, 0.3) is 22.1 Å². The number of ether oxygens (including phenoxy) is 1. The Bertz CT molecular complexity index is 1130. The molecule has 0 saturated heterocycles. The molecule has 0 amide bonds. The highest BCUT2D eigenvalue weighted by Gasteiger charge is 2.23. The molecule has 0 radical (unpaired) electrons. The number of aldehydes is 1. The molecular formula is C25H20O3. The summed E-state index contributed by atoms with van der Waals surface area (Å²) in [5, 5.41) is 1.09. The van der Waals surface area contributed by atoms with Crippen LogP contribution in [0.15, 0.2) is 77.4 Å². The normalized spacial score (nSPS) is 13.6. The third-order valence-electron chi connectivity index (χ3n) is 5.31. The topological polar surface area (TPSA) is 39.4 Å². The van der Waals surface area contributed by atoms with E-state index in [1.54, 1.807) is 12.1 Å². The lowest BCUT2D eigenvalue weighted by atomic mass is 10.0. The van der Waals surface area contributed by atoms with E-state index in [1.165, 1.54) is 24.0 Å². The van der Waals surface area contributed by atoms with Crippen molar-refractivity contribution in [1.29, 1.82) is 0 Å². The first-order valence-electron chi connectivity index (χ1n) is 9.59. The van der Waals surface area contributed by atoms with E-state index < -0.39 is 0 Å². The molecule has 1 fully saturated rings. The van der Waals surface area contributed by atoms with Gasteiger partial charge in [0.25, 0.3) is 0 Å². The van der Waals surface area contributed by atoms with E-state index in [2.05, 4.69) is 30.3 Å². The zero-order valence-electron chi connectivity index (χ0n) is 15.4. The van der Waals surface area contributed by atoms with Gasteiger partial charge in [-0.2, -0.15) is 0 Å². The van der Waals surface area contributed by atoms with Crippen molar-refractivity contribution < 1.29 is 13.9 Å². The highest BCUT2D eigenvalue weighted by molar-refractivity contribution is 5.94. The Morgan fingerprint density at radius 3 is 2.64 bits per heavy atom. The maximum absolute atomic E-state index is 10.9. The monoisotopic (exact) mass is 368 g/mol. The van der Waals surface area contributed by atoms with Crippen LogP contribution >= 0.6 is 0 Å². The predicted octanol–water partition coefficient (Wildman–Crippen LogP) is 6.37. The molecule has 3 aromatic carbocycles. The highest BCUT2D eigenvalue weighted by Crippen LogP contribution is 2.41. The van der Waals surface area contributed by atoms with Crippen LogP contribution in [0.1, 0.15) is 40.2 Å². The van der Waals surface area contributed by atoms with Gasteiger partial charge in [-0.3, -0.25) is 4.79 Å². The average Bonchev–Trinajstić information content (AvgIpc) is 3.52. The smallest absolute Gasteiger partial charge is 0.150 e. The summed E-state index contributed by atoms with van der Waals surface area (Å²) in [6, 6.07) is 22.1. The first-order valence-corrected chi connectivity index (χ1v) is 9.59. The summed E-state index contributed by atoms with van der Waals surface area (Å²) in [6.45, 7) is 0.434. The standard InChI is InChI=1S/C25H20O3/c26-14-17-2-1-3-22(12-17)27-15-18-4-11-25-23(13-18)24(16-28-25)21-9-7-20(8-10-21)19-5-6-19/h1-4,7-14,16,19H,5-6,15H2. The molecule has 1 aromatic heterocycles. The van der Waals surface area contributed by atoms with Crippen LogP contribution in [0.3, 0.4) is 0 Å². The second-order valence-corrected chi connectivity index (χ2v) is 7.36. The molecule has 28 heavy (non-hydrogen) atoms. The molecule has 1 saturated carbocycles. The van der Waals surface area contributed by atoms with Crippen LogP contribution in [-0.2, 0) is 6.61 Å². The van der Waals surface area contributed by atoms with E-state index in [9.17, 15) is 4.79 Å². The summed E-state index contributed by atoms with van der Waals surface area (Å²) in [7, 11) is 0. The Morgan fingerprint density at radius 2 is 1.86 bits per heavy atom. The zero-order valence-corrected chi connectivity index (χ0v) is 15.4. The first kappa shape index (κ1) is 16.8. The van der Waals surface area contributed by atoms with Gasteiger partial charge in [0.2, 0.25) is 0 Å². The van der Waals surface area contributed by atoms with Gasteiger partial charge in [0.1, 0.15) is 24.2 Å². The summed E-state index contributed by atoms with van der Waals surface area (Å²) < 4.78 is 11.6. The maximum atomic E-state index is 10.9. The lowest BCUT2D eigenvalue weighted by Crippen LogP contribution is -1.95. The summed E-state index contributed by atoms with van der Waals surface area (Å²) in [5.74, 6) is 1.45. The quantitative estimate of drug-likeness (QED) is 0.371. The molecular weight excluding hydrogens is 348 g/mol. The van der Waals surface area contributed by atoms with Crippen molar-refractivity contribution in [3.05, 3.63) is 89.7 Å². The van der Waals surface area contributed by atoms with Crippen molar-refractivity contribution in [2.45, 2.75) is 25.4 Å². The fraction of sp³-hybridized carbons (Fsp3) is 0.160. The van der Waals surface area contributed by atoms with Crippen LogP contribution in [0.4, 0.5) is 0 Å². The number of carbonyl (C=O) groups excluding carboxylic acids is 1. The molecule has 4 aromatic rings. The van der Waals surface area contributed by atoms with Crippen molar-refractivity contribution in [2.24, 2.45) is 0 Å². The SMILES string of the molecule is O=Cc1cccc(OCc2ccc3occ(-c4ccc(C5CC5)cc4)c3c2)c1. The van der Waals surface area contributed by atoms with Crippen molar-refractivity contribution in [2.75, 3.05) is 0 Å². The second kappa shape index (κ2) is 7.01. The molecule has 0 N–H and O–H groups in total. The summed E-state index contributed by atoms with van der Waals surface area (Å²) in [6.07, 6.45) is 5.28. The van der Waals surface area contributed by atoms with Crippen molar-refractivity contribution in [3.63, 3.8) is 0 Å². The molecule has 0 spiro atoms. The molecule has 138 valence electrons. The molecule has 1 heterocycles. The summed E-state index contributed by atoms with van der Waals surface area (Å²) in [5.41, 5.74) is 6.24. The lowest BCUT2D eigenvalue weighted by Gasteiger charge is -2.07. The lowest BCUT2D eigenvalue weighted by molar-refractivity contribution is 0.112. The van der Waals surface area contributed by atoms with E-state index in [1.807, 2.05) is 30.5 Å². The van der Waals surface area contributed by atoms with Gasteiger partial charge < -0.3 is 9.15 Å². The van der Waals surface area contributed by atoms with Gasteiger partial charge in [-0.05, 0) is 59.7 Å². The number of hydrogen-bond donors (Lipinski definition) is 0. The number of rotatable bonds is 6. The molecule has 1 aliphatic carbocycles. The van der Waals surface area contributed by atoms with E-state index in [0.717, 1.165) is 34.3 Å². The largest absolute Gasteiger partial charge is 0.489 e. The molecule has 3 heteroatoms. The van der Waals surface area contributed by atoms with Crippen molar-refractivity contribution in [1.82, 2.24) is 0 Å². The minimum absolute atomic E-state index is 0.434. The number of fused-ring (bicyclic) bond motifs is 1. The second-order valence-electron chi connectivity index (χ2n) is 7.36. The van der Waals surface area contributed by atoms with Crippen molar-refractivity contribution in [3.8, 4) is 16.9 Å². The predicted molar refractivity (Wildman–Crippen MR) is 110 cm³/mol. The van der Waals surface area contributed by atoms with Gasteiger partial charge in [0.05, 0.1) is 6.26 Å². The first-order chi connectivity index (χ1) is 13.8. The van der Waals surface area contributed by atoms with Crippen molar-refractivity contribution >= 4 is 17.3 Å². The van der Waals surface area contributed by atoms with Gasteiger partial charge in [-0.15, -0.1) is 0 Å². The minimum Gasteiger partial charge on any atom is -0.489 e. The fourth-order valence-corrected chi connectivity index (χ4v) is 3.59. The third-order valence-corrected chi connectivity index (χ3v) is 5.31. The number of benzene rings is 3. The van der Waals surface area contributed by atoms with Crippen LogP contribution in [-0.4, -0.2) is 6.29 Å². The van der Waals surface area contributed by atoms with Crippen LogP contribution < -0.4 is 4.74 Å². The van der Waals surface area contributed by atoms with Gasteiger partial charge in [-0.25, -0.2) is 0 Å². The van der Waals surface area contributed by atoms with E-state index in [4.69, 9.17) is 9.15 Å². The average molecular weight is 368 g/mol. The van der Waals surface area contributed by atoms with Gasteiger partial charge in [0, 0.05) is 16.5 Å². The molecule has 0 unspecified atom stereocenters. The van der Waals surface area contributed by atoms with Crippen LogP contribution in [0.5, 0.6) is 5.75 Å². The van der Waals surface area contributed by atoms with E-state index in [0.29, 0.717) is 17.9 Å².